The quantitative estimate of drug-likeness (QED) is 0.769. The van der Waals surface area contributed by atoms with E-state index in [9.17, 15) is 17.6 Å². The molecule has 1 saturated heterocycles. The number of hydrogen-bond donors (Lipinski definition) is 1. The Hall–Kier alpha value is -2.29. The number of nitrogens with one attached hydrogen (secondary N) is 1. The van der Waals surface area contributed by atoms with E-state index >= 15 is 0 Å². The van der Waals surface area contributed by atoms with E-state index in [4.69, 9.17) is 0 Å². The molecule has 6 nitrogen and oxygen atoms in total. The number of likely N-dealkylation sites (N-methyl/N-ethyl adjacent to an activating group) is 1. The molecule has 0 bridgehead atoms. The molecule has 0 atom stereocenters. The third-order valence-corrected chi connectivity index (χ3v) is 6.57. The SMILES string of the molecule is CN(CC(=O)Nc1ccc(S(=O)(=O)N2CCCC2)cc1)Cc1ccccc1F. The van der Waals surface area contributed by atoms with Crippen LogP contribution in [0.3, 0.4) is 0 Å². The largest absolute Gasteiger partial charge is 0.325 e. The van der Waals surface area contributed by atoms with E-state index in [0.717, 1.165) is 12.8 Å². The van der Waals surface area contributed by atoms with Crippen molar-refractivity contribution in [3.05, 3.63) is 59.9 Å². The summed E-state index contributed by atoms with van der Waals surface area (Å²) < 4.78 is 40.2. The van der Waals surface area contributed by atoms with Gasteiger partial charge in [-0.25, -0.2) is 12.8 Å². The van der Waals surface area contributed by atoms with Crippen molar-refractivity contribution in [2.24, 2.45) is 0 Å². The minimum absolute atomic E-state index is 0.0855. The number of carbonyl (C=O) groups is 1. The first kappa shape index (κ1) is 20.4. The van der Waals surface area contributed by atoms with E-state index < -0.39 is 10.0 Å². The van der Waals surface area contributed by atoms with Gasteiger partial charge < -0.3 is 5.32 Å². The molecule has 3 rings (SSSR count). The summed E-state index contributed by atoms with van der Waals surface area (Å²) in [7, 11) is -1.73. The second kappa shape index (κ2) is 8.81. The molecule has 8 heteroatoms. The molecule has 1 heterocycles. The summed E-state index contributed by atoms with van der Waals surface area (Å²) in [5.74, 6) is -0.557. The van der Waals surface area contributed by atoms with Gasteiger partial charge >= 0.3 is 0 Å². The predicted octanol–water partition coefficient (Wildman–Crippen LogP) is 2.68. The van der Waals surface area contributed by atoms with Gasteiger partial charge in [0.2, 0.25) is 15.9 Å². The van der Waals surface area contributed by atoms with Gasteiger partial charge in [-0.15, -0.1) is 0 Å². The van der Waals surface area contributed by atoms with Crippen LogP contribution in [-0.4, -0.2) is 50.2 Å². The molecule has 1 N–H and O–H groups in total. The minimum Gasteiger partial charge on any atom is -0.325 e. The summed E-state index contributed by atoms with van der Waals surface area (Å²) >= 11 is 0. The third-order valence-electron chi connectivity index (χ3n) is 4.65. The van der Waals surface area contributed by atoms with Crippen molar-refractivity contribution >= 4 is 21.6 Å². The Balaban J connectivity index is 1.56. The van der Waals surface area contributed by atoms with Crippen LogP contribution in [0.25, 0.3) is 0 Å². The fraction of sp³-hybridized carbons (Fsp3) is 0.350. The molecular formula is C20H24FN3O3S. The van der Waals surface area contributed by atoms with Crippen LogP contribution in [0.2, 0.25) is 0 Å². The number of nitrogens with zero attached hydrogens (tertiary/aromatic N) is 2. The molecule has 0 spiro atoms. The average molecular weight is 405 g/mol. The minimum atomic E-state index is -3.46. The number of anilines is 1. The summed E-state index contributed by atoms with van der Waals surface area (Å²) in [6.45, 7) is 1.50. The zero-order chi connectivity index (χ0) is 20.1. The fourth-order valence-corrected chi connectivity index (χ4v) is 4.72. The van der Waals surface area contributed by atoms with E-state index in [2.05, 4.69) is 5.32 Å². The molecule has 2 aromatic rings. The van der Waals surface area contributed by atoms with Gasteiger partial charge in [0, 0.05) is 30.9 Å². The first-order valence-corrected chi connectivity index (χ1v) is 10.6. The fourth-order valence-electron chi connectivity index (χ4n) is 3.21. The highest BCUT2D eigenvalue weighted by Gasteiger charge is 2.26. The molecule has 1 aliphatic rings. The molecule has 0 saturated carbocycles. The molecule has 1 aliphatic heterocycles. The molecule has 2 aromatic carbocycles. The van der Waals surface area contributed by atoms with Crippen LogP contribution in [0.4, 0.5) is 10.1 Å². The van der Waals surface area contributed by atoms with Crippen molar-refractivity contribution in [1.82, 2.24) is 9.21 Å². The molecular weight excluding hydrogens is 381 g/mol. The standard InChI is InChI=1S/C20H24FN3O3S/c1-23(14-16-6-2-3-7-19(16)21)15-20(25)22-17-8-10-18(11-9-17)28(26,27)24-12-4-5-13-24/h2-3,6-11H,4-5,12-15H2,1H3,(H,22,25). The maximum Gasteiger partial charge on any atom is 0.243 e. The lowest BCUT2D eigenvalue weighted by Crippen LogP contribution is -2.30. The summed E-state index contributed by atoms with van der Waals surface area (Å²) in [6.07, 6.45) is 1.77. The number of rotatable bonds is 7. The maximum absolute atomic E-state index is 13.7. The van der Waals surface area contributed by atoms with Gasteiger partial charge in [-0.05, 0) is 50.2 Å². The van der Waals surface area contributed by atoms with E-state index in [1.807, 2.05) is 0 Å². The smallest absolute Gasteiger partial charge is 0.243 e. The number of hydrogen-bond acceptors (Lipinski definition) is 4. The number of halogens is 1. The molecule has 150 valence electrons. The monoisotopic (exact) mass is 405 g/mol. The Kier molecular flexibility index (Phi) is 6.43. The van der Waals surface area contributed by atoms with Crippen molar-refractivity contribution in [3.8, 4) is 0 Å². The number of benzene rings is 2. The van der Waals surface area contributed by atoms with Gasteiger partial charge in [0.1, 0.15) is 5.82 Å². The van der Waals surface area contributed by atoms with Gasteiger partial charge in [-0.3, -0.25) is 9.69 Å². The Morgan fingerprint density at radius 2 is 1.75 bits per heavy atom. The van der Waals surface area contributed by atoms with E-state index in [-0.39, 0.29) is 23.2 Å². The van der Waals surface area contributed by atoms with Gasteiger partial charge in [0.25, 0.3) is 0 Å². The predicted molar refractivity (Wildman–Crippen MR) is 106 cm³/mol. The number of sulfonamides is 1. The van der Waals surface area contributed by atoms with Crippen LogP contribution >= 0.6 is 0 Å². The highest BCUT2D eigenvalue weighted by molar-refractivity contribution is 7.89. The van der Waals surface area contributed by atoms with Crippen LogP contribution in [-0.2, 0) is 21.4 Å². The summed E-state index contributed by atoms with van der Waals surface area (Å²) in [6, 6.07) is 12.6. The lowest BCUT2D eigenvalue weighted by atomic mass is 10.2. The zero-order valence-corrected chi connectivity index (χ0v) is 16.6. The topological polar surface area (TPSA) is 69.7 Å². The second-order valence-corrected chi connectivity index (χ2v) is 8.89. The molecule has 1 fully saturated rings. The molecule has 28 heavy (non-hydrogen) atoms. The Bertz CT molecular complexity index is 926. The Morgan fingerprint density at radius 3 is 2.39 bits per heavy atom. The van der Waals surface area contributed by atoms with Crippen LogP contribution in [0, 0.1) is 5.82 Å². The van der Waals surface area contributed by atoms with Crippen LogP contribution in [0.5, 0.6) is 0 Å². The molecule has 0 aliphatic carbocycles. The van der Waals surface area contributed by atoms with E-state index in [1.165, 1.54) is 22.5 Å². The Morgan fingerprint density at radius 1 is 1.11 bits per heavy atom. The van der Waals surface area contributed by atoms with Crippen LogP contribution in [0.15, 0.2) is 53.4 Å². The lowest BCUT2D eigenvalue weighted by Gasteiger charge is -2.17. The van der Waals surface area contributed by atoms with Gasteiger partial charge in [-0.1, -0.05) is 18.2 Å². The van der Waals surface area contributed by atoms with Crippen LogP contribution < -0.4 is 5.32 Å². The summed E-state index contributed by atoms with van der Waals surface area (Å²) in [5, 5.41) is 2.74. The van der Waals surface area contributed by atoms with E-state index in [0.29, 0.717) is 30.9 Å². The lowest BCUT2D eigenvalue weighted by molar-refractivity contribution is -0.117. The molecule has 0 aromatic heterocycles. The maximum atomic E-state index is 13.7. The van der Waals surface area contributed by atoms with Gasteiger partial charge in [-0.2, -0.15) is 4.31 Å². The highest BCUT2D eigenvalue weighted by Crippen LogP contribution is 2.22. The van der Waals surface area contributed by atoms with Crippen LogP contribution in [0.1, 0.15) is 18.4 Å². The van der Waals surface area contributed by atoms with Gasteiger partial charge in [0.05, 0.1) is 11.4 Å². The first-order chi connectivity index (χ1) is 13.4. The first-order valence-electron chi connectivity index (χ1n) is 9.18. The number of amides is 1. The highest BCUT2D eigenvalue weighted by atomic mass is 32.2. The summed E-state index contributed by atoms with van der Waals surface area (Å²) in [5.41, 5.74) is 1.04. The normalized spacial score (nSPS) is 15.1. The molecule has 0 radical (unpaired) electrons. The molecule has 0 unspecified atom stereocenters. The Labute approximate surface area is 165 Å². The van der Waals surface area contributed by atoms with Crippen molar-refractivity contribution in [2.75, 3.05) is 32.0 Å². The summed E-state index contributed by atoms with van der Waals surface area (Å²) in [4.78, 5) is 14.2. The van der Waals surface area contributed by atoms with Crippen molar-refractivity contribution in [3.63, 3.8) is 0 Å². The third kappa shape index (κ3) is 4.95. The second-order valence-electron chi connectivity index (χ2n) is 6.95. The van der Waals surface area contributed by atoms with Crippen molar-refractivity contribution in [1.29, 1.82) is 0 Å². The number of carbonyl (C=O) groups excluding carboxylic acids is 1. The van der Waals surface area contributed by atoms with Gasteiger partial charge in [0.15, 0.2) is 0 Å². The van der Waals surface area contributed by atoms with Crippen molar-refractivity contribution < 1.29 is 17.6 Å². The zero-order valence-electron chi connectivity index (χ0n) is 15.8. The van der Waals surface area contributed by atoms with Crippen molar-refractivity contribution in [2.45, 2.75) is 24.3 Å². The average Bonchev–Trinajstić information content (AvgIpc) is 3.19. The molecule has 1 amide bonds. The van der Waals surface area contributed by atoms with E-state index in [1.54, 1.807) is 42.3 Å².